The SMILES string of the molecule is COc1cccc(C(=O)NCCc2ccc(CCC(=O)O)cc2)c1. The molecule has 2 N–H and O–H groups in total. The van der Waals surface area contributed by atoms with E-state index in [1.807, 2.05) is 24.3 Å². The van der Waals surface area contributed by atoms with Crippen molar-refractivity contribution in [1.29, 1.82) is 0 Å². The Bertz CT molecular complexity index is 695. The summed E-state index contributed by atoms with van der Waals surface area (Å²) >= 11 is 0. The van der Waals surface area contributed by atoms with Gasteiger partial charge in [0.1, 0.15) is 5.75 Å². The molecule has 0 heterocycles. The van der Waals surface area contributed by atoms with Crippen molar-refractivity contribution in [3.05, 3.63) is 65.2 Å². The van der Waals surface area contributed by atoms with Gasteiger partial charge in [-0.25, -0.2) is 0 Å². The fourth-order valence-electron chi connectivity index (χ4n) is 2.31. The van der Waals surface area contributed by atoms with Crippen molar-refractivity contribution < 1.29 is 19.4 Å². The molecular weight excluding hydrogens is 306 g/mol. The third-order valence-corrected chi connectivity index (χ3v) is 3.68. The van der Waals surface area contributed by atoms with Crippen LogP contribution in [-0.4, -0.2) is 30.6 Å². The van der Waals surface area contributed by atoms with E-state index in [0.29, 0.717) is 24.3 Å². The van der Waals surface area contributed by atoms with E-state index in [1.165, 1.54) is 0 Å². The van der Waals surface area contributed by atoms with Crippen molar-refractivity contribution >= 4 is 11.9 Å². The van der Waals surface area contributed by atoms with Gasteiger partial charge < -0.3 is 15.2 Å². The number of rotatable bonds is 8. The van der Waals surface area contributed by atoms with Crippen LogP contribution in [0.4, 0.5) is 0 Å². The van der Waals surface area contributed by atoms with Crippen LogP contribution >= 0.6 is 0 Å². The maximum Gasteiger partial charge on any atom is 0.303 e. The molecule has 5 nitrogen and oxygen atoms in total. The number of methoxy groups -OCH3 is 1. The van der Waals surface area contributed by atoms with E-state index < -0.39 is 5.97 Å². The number of ether oxygens (including phenoxy) is 1. The highest BCUT2D eigenvalue weighted by molar-refractivity contribution is 5.94. The van der Waals surface area contributed by atoms with Gasteiger partial charge in [-0.3, -0.25) is 9.59 Å². The molecule has 0 aromatic heterocycles. The van der Waals surface area contributed by atoms with Crippen molar-refractivity contribution in [2.24, 2.45) is 0 Å². The average Bonchev–Trinajstić information content (AvgIpc) is 2.61. The molecule has 24 heavy (non-hydrogen) atoms. The molecular formula is C19H21NO4. The summed E-state index contributed by atoms with van der Waals surface area (Å²) < 4.78 is 5.11. The summed E-state index contributed by atoms with van der Waals surface area (Å²) in [5, 5.41) is 11.6. The number of carboxylic acids is 1. The molecule has 0 saturated heterocycles. The molecule has 0 saturated carbocycles. The Morgan fingerprint density at radius 3 is 2.33 bits per heavy atom. The Hall–Kier alpha value is -2.82. The fraction of sp³-hybridized carbons (Fsp3) is 0.263. The van der Waals surface area contributed by atoms with Crippen LogP contribution in [0.1, 0.15) is 27.9 Å². The summed E-state index contributed by atoms with van der Waals surface area (Å²) in [5.74, 6) is -0.272. The monoisotopic (exact) mass is 327 g/mol. The van der Waals surface area contributed by atoms with Gasteiger partial charge in [0.25, 0.3) is 5.91 Å². The lowest BCUT2D eigenvalue weighted by atomic mass is 10.1. The summed E-state index contributed by atoms with van der Waals surface area (Å²) in [6.07, 6.45) is 1.38. The molecule has 0 aliphatic carbocycles. The molecule has 0 bridgehead atoms. The molecule has 1 amide bonds. The van der Waals surface area contributed by atoms with Crippen molar-refractivity contribution in [3.63, 3.8) is 0 Å². The van der Waals surface area contributed by atoms with Crippen molar-refractivity contribution in [2.45, 2.75) is 19.3 Å². The minimum absolute atomic E-state index is 0.132. The maximum absolute atomic E-state index is 12.1. The molecule has 0 fully saturated rings. The van der Waals surface area contributed by atoms with Crippen molar-refractivity contribution in [1.82, 2.24) is 5.32 Å². The molecule has 2 aromatic rings. The van der Waals surface area contributed by atoms with Gasteiger partial charge in [0.15, 0.2) is 0 Å². The number of benzene rings is 2. The van der Waals surface area contributed by atoms with Crippen molar-refractivity contribution in [3.8, 4) is 5.75 Å². The third-order valence-electron chi connectivity index (χ3n) is 3.68. The largest absolute Gasteiger partial charge is 0.497 e. The number of aliphatic carboxylic acids is 1. The Balaban J connectivity index is 1.80. The number of amides is 1. The lowest BCUT2D eigenvalue weighted by Gasteiger charge is -2.07. The number of carboxylic acid groups (broad SMARTS) is 1. The predicted octanol–water partition coefficient (Wildman–Crippen LogP) is 2.68. The molecule has 0 aliphatic rings. The van der Waals surface area contributed by atoms with Crippen LogP contribution in [-0.2, 0) is 17.6 Å². The minimum Gasteiger partial charge on any atom is -0.497 e. The lowest BCUT2D eigenvalue weighted by Crippen LogP contribution is -2.25. The average molecular weight is 327 g/mol. The first kappa shape index (κ1) is 17.5. The standard InChI is InChI=1S/C19H21NO4/c1-24-17-4-2-3-16(13-17)19(23)20-12-11-15-7-5-14(6-8-15)9-10-18(21)22/h2-8,13H,9-12H2,1H3,(H,20,23)(H,21,22). The maximum atomic E-state index is 12.1. The topological polar surface area (TPSA) is 75.6 Å². The summed E-state index contributed by atoms with van der Waals surface area (Å²) in [6.45, 7) is 0.532. The minimum atomic E-state index is -0.792. The van der Waals surface area contributed by atoms with Gasteiger partial charge >= 0.3 is 5.97 Å². The van der Waals surface area contributed by atoms with Gasteiger partial charge in [0, 0.05) is 18.5 Å². The molecule has 0 unspecified atom stereocenters. The van der Waals surface area contributed by atoms with Crippen LogP contribution in [0, 0.1) is 0 Å². The molecule has 2 rings (SSSR count). The Labute approximate surface area is 141 Å². The predicted molar refractivity (Wildman–Crippen MR) is 91.4 cm³/mol. The number of carbonyl (C=O) groups excluding carboxylic acids is 1. The van der Waals surface area contributed by atoms with Gasteiger partial charge in [0.05, 0.1) is 7.11 Å². The van der Waals surface area contributed by atoms with Crippen LogP contribution in [0.15, 0.2) is 48.5 Å². The summed E-state index contributed by atoms with van der Waals surface area (Å²) in [6, 6.07) is 14.8. The van der Waals surface area contributed by atoms with Gasteiger partial charge in [-0.1, -0.05) is 30.3 Å². The highest BCUT2D eigenvalue weighted by Gasteiger charge is 2.06. The molecule has 0 radical (unpaired) electrons. The second-order valence-corrected chi connectivity index (χ2v) is 5.45. The van der Waals surface area contributed by atoms with Gasteiger partial charge in [-0.15, -0.1) is 0 Å². The van der Waals surface area contributed by atoms with E-state index in [4.69, 9.17) is 9.84 Å². The summed E-state index contributed by atoms with van der Waals surface area (Å²) in [4.78, 5) is 22.6. The van der Waals surface area contributed by atoms with E-state index >= 15 is 0 Å². The molecule has 0 spiro atoms. The zero-order chi connectivity index (χ0) is 17.4. The van der Waals surface area contributed by atoms with Crippen LogP contribution in [0.25, 0.3) is 0 Å². The number of hydrogen-bond donors (Lipinski definition) is 2. The Morgan fingerprint density at radius 2 is 1.71 bits per heavy atom. The molecule has 0 aliphatic heterocycles. The smallest absolute Gasteiger partial charge is 0.303 e. The molecule has 5 heteroatoms. The number of carbonyl (C=O) groups is 2. The van der Waals surface area contributed by atoms with E-state index in [-0.39, 0.29) is 12.3 Å². The molecule has 2 aromatic carbocycles. The number of hydrogen-bond acceptors (Lipinski definition) is 3. The second-order valence-electron chi connectivity index (χ2n) is 5.45. The Morgan fingerprint density at radius 1 is 1.04 bits per heavy atom. The first-order chi connectivity index (χ1) is 11.6. The molecule has 126 valence electrons. The van der Waals surface area contributed by atoms with Gasteiger partial charge in [0.2, 0.25) is 0 Å². The number of nitrogens with one attached hydrogen (secondary N) is 1. The lowest BCUT2D eigenvalue weighted by molar-refractivity contribution is -0.136. The van der Waals surface area contributed by atoms with Crippen LogP contribution in [0.3, 0.4) is 0 Å². The van der Waals surface area contributed by atoms with Gasteiger partial charge in [-0.05, 0) is 42.2 Å². The Kier molecular flexibility index (Phi) is 6.37. The summed E-state index contributed by atoms with van der Waals surface area (Å²) in [5.41, 5.74) is 2.67. The highest BCUT2D eigenvalue weighted by Crippen LogP contribution is 2.12. The second kappa shape index (κ2) is 8.72. The normalized spacial score (nSPS) is 10.2. The van der Waals surface area contributed by atoms with E-state index in [0.717, 1.165) is 17.5 Å². The zero-order valence-electron chi connectivity index (χ0n) is 13.6. The molecule has 0 atom stereocenters. The van der Waals surface area contributed by atoms with Crippen molar-refractivity contribution in [2.75, 3.05) is 13.7 Å². The third kappa shape index (κ3) is 5.43. The van der Waals surface area contributed by atoms with Crippen LogP contribution in [0.2, 0.25) is 0 Å². The summed E-state index contributed by atoms with van der Waals surface area (Å²) in [7, 11) is 1.57. The van der Waals surface area contributed by atoms with Gasteiger partial charge in [-0.2, -0.15) is 0 Å². The quantitative estimate of drug-likeness (QED) is 0.781. The van der Waals surface area contributed by atoms with E-state index in [9.17, 15) is 9.59 Å². The highest BCUT2D eigenvalue weighted by atomic mass is 16.5. The first-order valence-electron chi connectivity index (χ1n) is 7.80. The zero-order valence-corrected chi connectivity index (χ0v) is 13.6. The van der Waals surface area contributed by atoms with E-state index in [2.05, 4.69) is 5.32 Å². The van der Waals surface area contributed by atoms with E-state index in [1.54, 1.807) is 31.4 Å². The number of aryl methyl sites for hydroxylation is 1. The van der Waals surface area contributed by atoms with Crippen LogP contribution < -0.4 is 10.1 Å². The van der Waals surface area contributed by atoms with Crippen LogP contribution in [0.5, 0.6) is 5.75 Å². The first-order valence-corrected chi connectivity index (χ1v) is 7.80. The fourth-order valence-corrected chi connectivity index (χ4v) is 2.31.